The molecule has 2 aromatic heterocycles. The normalized spacial score (nSPS) is 10.2. The van der Waals surface area contributed by atoms with Crippen molar-refractivity contribution in [2.75, 3.05) is 0 Å². The molecule has 1 amide bonds. The van der Waals surface area contributed by atoms with E-state index in [2.05, 4.69) is 20.4 Å². The second-order valence-electron chi connectivity index (χ2n) is 2.50. The molecule has 4 N–H and O–H groups in total. The topological polar surface area (TPSA) is 100 Å². The van der Waals surface area contributed by atoms with Gasteiger partial charge < -0.3 is 5.73 Å². The Labute approximate surface area is 73.1 Å². The molecule has 0 saturated carbocycles. The number of amides is 1. The van der Waals surface area contributed by atoms with Gasteiger partial charge in [-0.15, -0.1) is 0 Å². The maximum atomic E-state index is 10.7. The molecule has 0 aromatic carbocycles. The Morgan fingerprint density at radius 1 is 1.46 bits per heavy atom. The van der Waals surface area contributed by atoms with Crippen molar-refractivity contribution in [2.24, 2.45) is 5.73 Å². The average molecular weight is 177 g/mol. The Morgan fingerprint density at radius 3 is 2.85 bits per heavy atom. The molecule has 0 saturated heterocycles. The lowest BCUT2D eigenvalue weighted by molar-refractivity contribution is 0.0995. The van der Waals surface area contributed by atoms with Gasteiger partial charge in [0.15, 0.2) is 0 Å². The third kappa shape index (κ3) is 1.28. The highest BCUT2D eigenvalue weighted by Crippen LogP contribution is 2.13. The minimum atomic E-state index is -0.529. The van der Waals surface area contributed by atoms with E-state index >= 15 is 0 Å². The maximum Gasteiger partial charge on any atom is 0.266 e. The van der Waals surface area contributed by atoms with Gasteiger partial charge in [-0.2, -0.15) is 10.2 Å². The summed E-state index contributed by atoms with van der Waals surface area (Å²) in [6.45, 7) is 0. The molecule has 2 rings (SSSR count). The number of hydrogen-bond acceptors (Lipinski definition) is 3. The molecule has 13 heavy (non-hydrogen) atoms. The number of H-pyrrole nitrogens is 2. The van der Waals surface area contributed by atoms with Gasteiger partial charge in [-0.25, -0.2) is 0 Å². The van der Waals surface area contributed by atoms with E-state index in [-0.39, 0.29) is 5.69 Å². The molecule has 66 valence electrons. The van der Waals surface area contributed by atoms with Gasteiger partial charge in [-0.05, 0) is 12.1 Å². The van der Waals surface area contributed by atoms with E-state index in [0.29, 0.717) is 5.69 Å². The van der Waals surface area contributed by atoms with Crippen LogP contribution >= 0.6 is 0 Å². The number of rotatable bonds is 2. The highest BCUT2D eigenvalue weighted by atomic mass is 16.1. The van der Waals surface area contributed by atoms with Crippen LogP contribution in [-0.4, -0.2) is 26.3 Å². The quantitative estimate of drug-likeness (QED) is 0.597. The molecule has 0 bridgehead atoms. The van der Waals surface area contributed by atoms with Gasteiger partial charge in [0.25, 0.3) is 5.91 Å². The van der Waals surface area contributed by atoms with Crippen molar-refractivity contribution in [1.82, 2.24) is 20.4 Å². The zero-order chi connectivity index (χ0) is 9.26. The van der Waals surface area contributed by atoms with Crippen LogP contribution in [0.1, 0.15) is 10.5 Å². The molecule has 0 aliphatic heterocycles. The van der Waals surface area contributed by atoms with Gasteiger partial charge in [0.2, 0.25) is 0 Å². The smallest absolute Gasteiger partial charge is 0.266 e. The predicted octanol–water partition coefficient (Wildman–Crippen LogP) is -0.101. The summed E-state index contributed by atoms with van der Waals surface area (Å²) in [4.78, 5) is 10.7. The van der Waals surface area contributed by atoms with E-state index in [1.165, 1.54) is 0 Å². The van der Waals surface area contributed by atoms with Crippen LogP contribution in [0.2, 0.25) is 0 Å². The number of hydrogen-bond donors (Lipinski definition) is 3. The largest absolute Gasteiger partial charge is 0.364 e. The van der Waals surface area contributed by atoms with Crippen LogP contribution in [0, 0.1) is 0 Å². The van der Waals surface area contributed by atoms with E-state index in [9.17, 15) is 4.79 Å². The Hall–Kier alpha value is -2.11. The van der Waals surface area contributed by atoms with E-state index in [1.807, 2.05) is 0 Å². The van der Waals surface area contributed by atoms with Crippen molar-refractivity contribution >= 4 is 5.91 Å². The minimum absolute atomic E-state index is 0.282. The first-order valence-electron chi connectivity index (χ1n) is 3.62. The highest BCUT2D eigenvalue weighted by Gasteiger charge is 2.07. The summed E-state index contributed by atoms with van der Waals surface area (Å²) in [6.07, 6.45) is 1.61. The van der Waals surface area contributed by atoms with Crippen molar-refractivity contribution in [3.63, 3.8) is 0 Å². The van der Waals surface area contributed by atoms with E-state index in [0.717, 1.165) is 5.69 Å². The summed E-state index contributed by atoms with van der Waals surface area (Å²) in [5.41, 5.74) is 6.68. The van der Waals surface area contributed by atoms with Crippen LogP contribution in [0.4, 0.5) is 0 Å². The molecule has 0 fully saturated rings. The molecule has 2 aromatic rings. The fraction of sp³-hybridized carbons (Fsp3) is 0. The first kappa shape index (κ1) is 7.53. The van der Waals surface area contributed by atoms with Gasteiger partial charge in [-0.1, -0.05) is 0 Å². The third-order valence-corrected chi connectivity index (χ3v) is 1.62. The monoisotopic (exact) mass is 177 g/mol. The zero-order valence-corrected chi connectivity index (χ0v) is 6.61. The first-order valence-corrected chi connectivity index (χ1v) is 3.62. The molecule has 6 heteroatoms. The van der Waals surface area contributed by atoms with Crippen molar-refractivity contribution in [1.29, 1.82) is 0 Å². The van der Waals surface area contributed by atoms with Crippen LogP contribution in [0.25, 0.3) is 11.4 Å². The van der Waals surface area contributed by atoms with Crippen LogP contribution in [0.3, 0.4) is 0 Å². The number of aromatic nitrogens is 4. The lowest BCUT2D eigenvalue weighted by Gasteiger charge is -1.84. The summed E-state index contributed by atoms with van der Waals surface area (Å²) >= 11 is 0. The summed E-state index contributed by atoms with van der Waals surface area (Å²) in [5.74, 6) is -0.529. The molecule has 0 aliphatic rings. The molecule has 6 nitrogen and oxygen atoms in total. The molecule has 0 radical (unpaired) electrons. The van der Waals surface area contributed by atoms with Crippen molar-refractivity contribution in [3.8, 4) is 11.4 Å². The van der Waals surface area contributed by atoms with Gasteiger partial charge in [0, 0.05) is 6.20 Å². The summed E-state index contributed by atoms with van der Waals surface area (Å²) < 4.78 is 0. The lowest BCUT2D eigenvalue weighted by atomic mass is 10.3. The molecule has 0 spiro atoms. The number of carbonyl (C=O) groups is 1. The van der Waals surface area contributed by atoms with Gasteiger partial charge in [0.1, 0.15) is 11.4 Å². The molecule has 0 atom stereocenters. The second kappa shape index (κ2) is 2.74. The van der Waals surface area contributed by atoms with Crippen molar-refractivity contribution in [3.05, 3.63) is 24.0 Å². The molecule has 0 unspecified atom stereocenters. The number of carbonyl (C=O) groups excluding carboxylic acids is 1. The lowest BCUT2D eigenvalue weighted by Crippen LogP contribution is -2.10. The van der Waals surface area contributed by atoms with Crippen LogP contribution in [-0.2, 0) is 0 Å². The average Bonchev–Trinajstić information content (AvgIpc) is 2.75. The number of primary amides is 1. The van der Waals surface area contributed by atoms with E-state index in [1.54, 1.807) is 18.3 Å². The Morgan fingerprint density at radius 2 is 2.31 bits per heavy atom. The van der Waals surface area contributed by atoms with Crippen LogP contribution < -0.4 is 5.73 Å². The Balaban J connectivity index is 2.39. The SMILES string of the molecule is NC(=O)c1cc(-c2ccn[nH]2)n[nH]1. The number of nitrogens with zero attached hydrogens (tertiary/aromatic N) is 2. The number of aromatic amines is 2. The van der Waals surface area contributed by atoms with E-state index in [4.69, 9.17) is 5.73 Å². The number of nitrogens with one attached hydrogen (secondary N) is 2. The summed E-state index contributed by atoms with van der Waals surface area (Å²) in [6, 6.07) is 3.32. The zero-order valence-electron chi connectivity index (χ0n) is 6.61. The van der Waals surface area contributed by atoms with Crippen molar-refractivity contribution < 1.29 is 4.79 Å². The van der Waals surface area contributed by atoms with Gasteiger partial charge in [-0.3, -0.25) is 15.0 Å². The van der Waals surface area contributed by atoms with Crippen LogP contribution in [0.5, 0.6) is 0 Å². The van der Waals surface area contributed by atoms with Crippen molar-refractivity contribution in [2.45, 2.75) is 0 Å². The molecular weight excluding hydrogens is 170 g/mol. The number of nitrogens with two attached hydrogens (primary N) is 1. The van der Waals surface area contributed by atoms with Gasteiger partial charge >= 0.3 is 0 Å². The fourth-order valence-corrected chi connectivity index (χ4v) is 0.984. The third-order valence-electron chi connectivity index (χ3n) is 1.62. The van der Waals surface area contributed by atoms with Gasteiger partial charge in [0.05, 0.1) is 5.69 Å². The summed E-state index contributed by atoms with van der Waals surface area (Å²) in [7, 11) is 0. The Bertz CT molecular complexity index is 416. The molecule has 2 heterocycles. The van der Waals surface area contributed by atoms with Crippen LogP contribution in [0.15, 0.2) is 18.3 Å². The Kier molecular flexibility index (Phi) is 1.59. The maximum absolute atomic E-state index is 10.7. The van der Waals surface area contributed by atoms with E-state index < -0.39 is 5.91 Å². The summed E-state index contributed by atoms with van der Waals surface area (Å²) in [5, 5.41) is 12.9. The standard InChI is InChI=1S/C7H7N5O/c8-7(13)6-3-5(11-12-6)4-1-2-9-10-4/h1-3H,(H2,8,13)(H,9,10)(H,11,12). The fourth-order valence-electron chi connectivity index (χ4n) is 0.984. The molecule has 0 aliphatic carbocycles. The minimum Gasteiger partial charge on any atom is -0.364 e. The predicted molar refractivity (Wildman–Crippen MR) is 44.7 cm³/mol. The first-order chi connectivity index (χ1) is 6.27. The second-order valence-corrected chi connectivity index (χ2v) is 2.50. The molecular formula is C7H7N5O. The highest BCUT2D eigenvalue weighted by molar-refractivity contribution is 5.91.